The van der Waals surface area contributed by atoms with Crippen LogP contribution in [0.2, 0.25) is 0 Å². The van der Waals surface area contributed by atoms with Crippen LogP contribution in [-0.4, -0.2) is 0 Å². The maximum atomic E-state index is 6.68. The molecule has 4 heteroatoms. The van der Waals surface area contributed by atoms with E-state index >= 15 is 0 Å². The zero-order valence-electron chi connectivity index (χ0n) is 59.1. The van der Waals surface area contributed by atoms with Crippen LogP contribution in [0.15, 0.2) is 370 Å². The Kier molecular flexibility index (Phi) is 12.2. The molecule has 0 N–H and O–H groups in total. The third-order valence-corrected chi connectivity index (χ3v) is 24.2. The normalized spacial score (nSPS) is 12.4. The highest BCUT2D eigenvalue weighted by Crippen LogP contribution is 2.51. The fourth-order valence-corrected chi connectivity index (χ4v) is 19.2. The van der Waals surface area contributed by atoms with Gasteiger partial charge < -0.3 is 17.7 Å². The lowest BCUT2D eigenvalue weighted by Crippen LogP contribution is -1.93. The lowest BCUT2D eigenvalue weighted by atomic mass is 9.83. The Morgan fingerprint density at radius 2 is 0.427 bits per heavy atom. The summed E-state index contributed by atoms with van der Waals surface area (Å²) in [4.78, 5) is 0. The number of furan rings is 4. The smallest absolute Gasteiger partial charge is 0.143 e. The van der Waals surface area contributed by atoms with E-state index in [4.69, 9.17) is 17.7 Å². The lowest BCUT2D eigenvalue weighted by Gasteiger charge is -2.20. The zero-order valence-corrected chi connectivity index (χ0v) is 59.1. The predicted molar refractivity (Wildman–Crippen MR) is 463 cm³/mol. The Balaban J connectivity index is 0.000000126. The van der Waals surface area contributed by atoms with Gasteiger partial charge in [-0.3, -0.25) is 0 Å². The van der Waals surface area contributed by atoms with E-state index in [1.807, 2.05) is 12.1 Å². The van der Waals surface area contributed by atoms with Crippen molar-refractivity contribution in [2.45, 2.75) is 0 Å². The minimum Gasteiger partial charge on any atom is -0.456 e. The van der Waals surface area contributed by atoms with Gasteiger partial charge in [-0.2, -0.15) is 0 Å². The van der Waals surface area contributed by atoms with Gasteiger partial charge in [0.05, 0.1) is 0 Å². The molecule has 4 nitrogen and oxygen atoms in total. The SMILES string of the molecule is c1cc2ccc3ccc(-c4ccc5oc6ccc(-c7ccc8oc9ccc(-c%10ccc%11ccc%12cccc%13ccc%10c%11c%12%13)cc9c8c7)cc6c5c4)c4ccc(c1)c2c34.c1ccc2c(-c3cc(-c4cccc5c4oc4ccccc45)c4ccc5ccc(-c6cccc7c6oc6ccccc67)c6ccc3c4c56)cccc2c1. The first-order chi connectivity index (χ1) is 54.5. The van der Waals surface area contributed by atoms with Crippen molar-refractivity contribution in [1.29, 1.82) is 0 Å². The molecule has 506 valence electrons. The second kappa shape index (κ2) is 22.5. The van der Waals surface area contributed by atoms with Gasteiger partial charge in [-0.15, -0.1) is 0 Å². The van der Waals surface area contributed by atoms with Crippen LogP contribution in [0.25, 0.3) is 262 Å². The number of benzene rings is 22. The van der Waals surface area contributed by atoms with Crippen LogP contribution in [0.5, 0.6) is 0 Å². The third-order valence-electron chi connectivity index (χ3n) is 24.2. The highest BCUT2D eigenvalue weighted by Gasteiger charge is 2.25. The fraction of sp³-hybridized carbons (Fsp3) is 0. The summed E-state index contributed by atoms with van der Waals surface area (Å²) in [5.74, 6) is 0. The molecule has 0 unspecified atom stereocenters. The molecule has 0 aliphatic rings. The molecule has 4 aromatic heterocycles. The van der Waals surface area contributed by atoms with Gasteiger partial charge in [0.15, 0.2) is 0 Å². The van der Waals surface area contributed by atoms with Crippen molar-refractivity contribution in [1.82, 2.24) is 0 Å². The Morgan fingerprint density at radius 1 is 0.127 bits per heavy atom. The van der Waals surface area contributed by atoms with Crippen molar-refractivity contribution >= 4 is 195 Å². The van der Waals surface area contributed by atoms with Crippen LogP contribution < -0.4 is 0 Å². The molecule has 0 radical (unpaired) electrons. The summed E-state index contributed by atoms with van der Waals surface area (Å²) < 4.78 is 26.1. The maximum Gasteiger partial charge on any atom is 0.143 e. The summed E-state index contributed by atoms with van der Waals surface area (Å²) in [5, 5.41) is 34.4. The average molecular weight is 1400 g/mol. The Labute approximate surface area is 627 Å². The van der Waals surface area contributed by atoms with Gasteiger partial charge in [-0.25, -0.2) is 0 Å². The number of fused-ring (bicyclic) bond motifs is 13. The summed E-state index contributed by atoms with van der Waals surface area (Å²) >= 11 is 0. The molecule has 0 aliphatic heterocycles. The van der Waals surface area contributed by atoms with Crippen LogP contribution in [0.1, 0.15) is 0 Å². The largest absolute Gasteiger partial charge is 0.456 e. The van der Waals surface area contributed by atoms with E-state index in [2.05, 4.69) is 340 Å². The lowest BCUT2D eigenvalue weighted by molar-refractivity contribution is 0.668. The topological polar surface area (TPSA) is 52.6 Å². The van der Waals surface area contributed by atoms with Crippen molar-refractivity contribution < 1.29 is 17.7 Å². The molecule has 0 spiro atoms. The minimum absolute atomic E-state index is 0.888. The monoisotopic (exact) mass is 1390 g/mol. The summed E-state index contributed by atoms with van der Waals surface area (Å²) in [6, 6.07) is 128. The summed E-state index contributed by atoms with van der Waals surface area (Å²) in [7, 11) is 0. The Morgan fingerprint density at radius 3 is 0.936 bits per heavy atom. The zero-order chi connectivity index (χ0) is 71.6. The quantitative estimate of drug-likeness (QED) is 0.156. The molecular weight excluding hydrogens is 1340 g/mol. The number of hydrogen-bond acceptors (Lipinski definition) is 4. The summed E-state index contributed by atoms with van der Waals surface area (Å²) in [5.41, 5.74) is 21.3. The predicted octanol–water partition coefficient (Wildman–Crippen LogP) is 30.8. The van der Waals surface area contributed by atoms with Crippen molar-refractivity contribution in [3.63, 3.8) is 0 Å². The maximum absolute atomic E-state index is 6.68. The van der Waals surface area contributed by atoms with Crippen molar-refractivity contribution in [3.05, 3.63) is 352 Å². The van der Waals surface area contributed by atoms with Crippen molar-refractivity contribution in [2.75, 3.05) is 0 Å². The van der Waals surface area contributed by atoms with Crippen LogP contribution in [0.4, 0.5) is 0 Å². The van der Waals surface area contributed by atoms with Crippen LogP contribution >= 0.6 is 0 Å². The molecule has 26 rings (SSSR count). The molecule has 0 atom stereocenters. The number of rotatable bonds is 6. The molecule has 110 heavy (non-hydrogen) atoms. The van der Waals surface area contributed by atoms with Gasteiger partial charge in [-0.05, 0) is 230 Å². The van der Waals surface area contributed by atoms with E-state index in [9.17, 15) is 0 Å². The van der Waals surface area contributed by atoms with E-state index in [0.717, 1.165) is 110 Å². The second-order valence-corrected chi connectivity index (χ2v) is 29.9. The Hall–Kier alpha value is -14.6. The number of hydrogen-bond donors (Lipinski definition) is 0. The second-order valence-electron chi connectivity index (χ2n) is 29.9. The van der Waals surface area contributed by atoms with E-state index in [-0.39, 0.29) is 0 Å². The highest BCUT2D eigenvalue weighted by molar-refractivity contribution is 6.33. The van der Waals surface area contributed by atoms with E-state index in [1.165, 1.54) is 152 Å². The first-order valence-electron chi connectivity index (χ1n) is 37.8. The van der Waals surface area contributed by atoms with Gasteiger partial charge in [0, 0.05) is 54.2 Å². The molecule has 4 heterocycles. The van der Waals surface area contributed by atoms with Crippen molar-refractivity contribution in [2.24, 2.45) is 0 Å². The van der Waals surface area contributed by atoms with Crippen molar-refractivity contribution in [3.8, 4) is 66.8 Å². The Bertz CT molecular complexity index is 8120. The highest BCUT2D eigenvalue weighted by atomic mass is 16.3. The van der Waals surface area contributed by atoms with Gasteiger partial charge >= 0.3 is 0 Å². The molecular formula is C106H58O4. The van der Waals surface area contributed by atoms with Gasteiger partial charge in [0.2, 0.25) is 0 Å². The summed E-state index contributed by atoms with van der Waals surface area (Å²) in [6.07, 6.45) is 0. The van der Waals surface area contributed by atoms with Crippen LogP contribution in [0, 0.1) is 0 Å². The molecule has 0 saturated heterocycles. The van der Waals surface area contributed by atoms with Gasteiger partial charge in [0.1, 0.15) is 44.7 Å². The average Bonchev–Trinajstić information content (AvgIpc) is 0.799. The fourth-order valence-electron chi connectivity index (χ4n) is 19.2. The minimum atomic E-state index is 0.888. The molecule has 0 aliphatic carbocycles. The van der Waals surface area contributed by atoms with Crippen LogP contribution in [-0.2, 0) is 0 Å². The molecule has 0 bridgehead atoms. The van der Waals surface area contributed by atoms with E-state index < -0.39 is 0 Å². The molecule has 22 aromatic carbocycles. The molecule has 26 aromatic rings. The first kappa shape index (κ1) is 59.7. The van der Waals surface area contributed by atoms with E-state index in [0.29, 0.717) is 0 Å². The first-order valence-corrected chi connectivity index (χ1v) is 37.8. The van der Waals surface area contributed by atoms with E-state index in [1.54, 1.807) is 0 Å². The molecule has 0 saturated carbocycles. The molecule has 0 fully saturated rings. The van der Waals surface area contributed by atoms with Gasteiger partial charge in [-0.1, -0.05) is 285 Å². The standard InChI is InChI=1S/C56H30O2.C50H28O2/c1-3-31-7-9-35-11-19-41(43-21-13-33(5-1)53(31)55(35)43)39-17-25-51-47(29-39)45-27-37(15-23-49(45)57-51)38-16-24-50-46(28-38)48-30-40(18-26-52(48)58-50)42-20-12-36-10-8-32-4-2-6-34-14-22-44(42)56(36)54(32)34;1-2-12-31-29(10-1)11-7-15-32(31)43-28-44(42-19-9-18-41-35-14-4-6-21-46(35)52-50(41)42)37-25-23-30-22-24-33(36-26-27-38(43)48(37)47(30)36)39-16-8-17-40-34-13-3-5-20-45(34)51-49(39)40/h1-30H;1-28H. The van der Waals surface area contributed by atoms with Crippen LogP contribution in [0.3, 0.4) is 0 Å². The molecule has 0 amide bonds. The summed E-state index contributed by atoms with van der Waals surface area (Å²) in [6.45, 7) is 0. The van der Waals surface area contributed by atoms with Gasteiger partial charge in [0.25, 0.3) is 0 Å². The number of para-hydroxylation sites is 4. The third kappa shape index (κ3) is 8.55.